The Morgan fingerprint density at radius 1 is 0.882 bits per heavy atom. The van der Waals surface area contributed by atoms with Crippen LogP contribution in [0, 0.1) is 35.2 Å². The van der Waals surface area contributed by atoms with E-state index in [1.807, 2.05) is 6.07 Å². The van der Waals surface area contributed by atoms with Gasteiger partial charge >= 0.3 is 0 Å². The van der Waals surface area contributed by atoms with Crippen LogP contribution in [0.25, 0.3) is 10.8 Å². The van der Waals surface area contributed by atoms with E-state index in [0.29, 0.717) is 35.3 Å². The van der Waals surface area contributed by atoms with Crippen LogP contribution in [-0.2, 0) is 6.42 Å². The second kappa shape index (κ2) is 11.8. The van der Waals surface area contributed by atoms with E-state index >= 15 is 4.39 Å². The quantitative estimate of drug-likeness (QED) is 0.239. The van der Waals surface area contributed by atoms with E-state index in [2.05, 4.69) is 13.5 Å². The number of benzene rings is 2. The summed E-state index contributed by atoms with van der Waals surface area (Å²) in [5.41, 5.74) is 0.876. The molecule has 4 unspecified atom stereocenters. The number of hydrogen-bond donors (Lipinski definition) is 0. The van der Waals surface area contributed by atoms with Crippen LogP contribution >= 0.6 is 0 Å². The van der Waals surface area contributed by atoms with Gasteiger partial charge in [-0.1, -0.05) is 70.1 Å². The van der Waals surface area contributed by atoms with Crippen LogP contribution in [0.3, 0.4) is 0 Å². The molecule has 2 aromatic rings. The van der Waals surface area contributed by atoms with E-state index in [-0.39, 0.29) is 11.3 Å². The predicted octanol–water partition coefficient (Wildman–Crippen LogP) is 10.0. The van der Waals surface area contributed by atoms with E-state index in [4.69, 9.17) is 0 Å². The molecule has 2 aliphatic carbocycles. The highest BCUT2D eigenvalue weighted by Crippen LogP contribution is 2.49. The minimum Gasteiger partial charge on any atom is -0.206 e. The zero-order valence-electron chi connectivity index (χ0n) is 20.9. The molecular formula is C31H41F3. The summed E-state index contributed by atoms with van der Waals surface area (Å²) in [5.74, 6) is -0.119. The molecule has 0 heterocycles. The van der Waals surface area contributed by atoms with Crippen LogP contribution in [0.15, 0.2) is 30.9 Å². The number of rotatable bonds is 10. The Morgan fingerprint density at radius 2 is 1.65 bits per heavy atom. The molecule has 0 radical (unpaired) electrons. The van der Waals surface area contributed by atoms with Crippen molar-refractivity contribution in [2.75, 3.05) is 0 Å². The highest BCUT2D eigenvalue weighted by atomic mass is 19.2. The molecule has 0 saturated heterocycles. The van der Waals surface area contributed by atoms with E-state index in [0.717, 1.165) is 31.1 Å². The second-order valence-corrected chi connectivity index (χ2v) is 11.0. The third kappa shape index (κ3) is 5.55. The summed E-state index contributed by atoms with van der Waals surface area (Å²) >= 11 is 0. The van der Waals surface area contributed by atoms with Gasteiger partial charge in [-0.2, -0.15) is 0 Å². The van der Waals surface area contributed by atoms with Crippen molar-refractivity contribution in [3.63, 3.8) is 0 Å². The summed E-state index contributed by atoms with van der Waals surface area (Å²) in [6, 6.07) is 5.22. The maximum atomic E-state index is 15.6. The SMILES string of the molecule is C=CCCc1cc2ccc(C3CCC4CC(CCCCCCC)CCC4C3)c(F)c2c(F)c1F. The number of allylic oxidation sites excluding steroid dienone is 1. The summed E-state index contributed by atoms with van der Waals surface area (Å²) < 4.78 is 45.1. The lowest BCUT2D eigenvalue weighted by Crippen LogP contribution is -2.30. The summed E-state index contributed by atoms with van der Waals surface area (Å²) in [6.07, 6.45) is 17.7. The first-order valence-electron chi connectivity index (χ1n) is 13.7. The average molecular weight is 471 g/mol. The molecule has 2 saturated carbocycles. The lowest BCUT2D eigenvalue weighted by molar-refractivity contribution is 0.112. The van der Waals surface area contributed by atoms with Crippen LogP contribution in [0.4, 0.5) is 13.2 Å². The third-order valence-electron chi connectivity index (χ3n) is 8.72. The van der Waals surface area contributed by atoms with Crippen molar-refractivity contribution >= 4 is 10.8 Å². The predicted molar refractivity (Wildman–Crippen MR) is 137 cm³/mol. The van der Waals surface area contributed by atoms with E-state index in [1.54, 1.807) is 18.2 Å². The molecule has 0 N–H and O–H groups in total. The van der Waals surface area contributed by atoms with Gasteiger partial charge in [0.05, 0.1) is 5.39 Å². The molecule has 0 spiro atoms. The summed E-state index contributed by atoms with van der Waals surface area (Å²) in [4.78, 5) is 0. The van der Waals surface area contributed by atoms with Gasteiger partial charge in [-0.25, -0.2) is 13.2 Å². The standard InChI is InChI=1S/C31H41F3/c1-3-5-7-8-9-10-21-12-13-23-19-24(15-14-22(23)18-21)27-17-16-25-20-26(11-6-4-2)29(32)31(34)28(25)30(27)33/h4,16-17,20-24H,2-3,5-15,18-19H2,1H3. The minimum atomic E-state index is -1.04. The third-order valence-corrected chi connectivity index (χ3v) is 8.72. The van der Waals surface area contributed by atoms with Gasteiger partial charge in [0.25, 0.3) is 0 Å². The lowest BCUT2D eigenvalue weighted by Gasteiger charge is -2.42. The van der Waals surface area contributed by atoms with Crippen molar-refractivity contribution in [2.45, 2.75) is 103 Å². The van der Waals surface area contributed by atoms with Gasteiger partial charge in [-0.15, -0.1) is 6.58 Å². The molecule has 0 aliphatic heterocycles. The smallest absolute Gasteiger partial charge is 0.169 e. The normalized spacial score (nSPS) is 24.8. The Hall–Kier alpha value is -1.77. The van der Waals surface area contributed by atoms with Crippen molar-refractivity contribution in [3.05, 3.63) is 59.4 Å². The fraction of sp³-hybridized carbons (Fsp3) is 0.613. The van der Waals surface area contributed by atoms with Gasteiger partial charge in [0, 0.05) is 0 Å². The fourth-order valence-corrected chi connectivity index (χ4v) is 6.77. The van der Waals surface area contributed by atoms with Crippen molar-refractivity contribution in [1.29, 1.82) is 0 Å². The molecule has 0 amide bonds. The average Bonchev–Trinajstić information content (AvgIpc) is 2.85. The number of unbranched alkanes of at least 4 members (excludes halogenated alkanes) is 4. The molecule has 2 aliphatic rings. The van der Waals surface area contributed by atoms with Gasteiger partial charge < -0.3 is 0 Å². The Bertz CT molecular complexity index is 979. The van der Waals surface area contributed by atoms with Crippen LogP contribution in [0.2, 0.25) is 0 Å². The van der Waals surface area contributed by atoms with Crippen LogP contribution in [-0.4, -0.2) is 0 Å². The maximum absolute atomic E-state index is 15.6. The molecular weight excluding hydrogens is 429 g/mol. The first-order valence-corrected chi connectivity index (χ1v) is 13.7. The van der Waals surface area contributed by atoms with Crippen molar-refractivity contribution in [2.24, 2.45) is 17.8 Å². The Labute approximate surface area is 204 Å². The van der Waals surface area contributed by atoms with Crippen molar-refractivity contribution in [3.8, 4) is 0 Å². The monoisotopic (exact) mass is 470 g/mol. The summed E-state index contributed by atoms with van der Waals surface area (Å²) in [6.45, 7) is 5.91. The highest BCUT2D eigenvalue weighted by molar-refractivity contribution is 5.85. The van der Waals surface area contributed by atoms with Gasteiger partial charge in [-0.05, 0) is 91.2 Å². The molecule has 3 heteroatoms. The van der Waals surface area contributed by atoms with Crippen molar-refractivity contribution in [1.82, 2.24) is 0 Å². The number of aryl methyl sites for hydroxylation is 1. The first kappa shape index (κ1) is 25.3. The lowest BCUT2D eigenvalue weighted by atomic mass is 9.63. The van der Waals surface area contributed by atoms with Gasteiger partial charge in [0.1, 0.15) is 5.82 Å². The van der Waals surface area contributed by atoms with Crippen molar-refractivity contribution < 1.29 is 13.2 Å². The molecule has 186 valence electrons. The van der Waals surface area contributed by atoms with Crippen LogP contribution < -0.4 is 0 Å². The van der Waals surface area contributed by atoms with Gasteiger partial charge in [0.15, 0.2) is 11.6 Å². The van der Waals surface area contributed by atoms with E-state index in [1.165, 1.54) is 57.8 Å². The topological polar surface area (TPSA) is 0 Å². The van der Waals surface area contributed by atoms with Gasteiger partial charge in [0.2, 0.25) is 0 Å². The summed E-state index contributed by atoms with van der Waals surface area (Å²) in [5, 5.41) is 0.276. The molecule has 4 atom stereocenters. The zero-order valence-corrected chi connectivity index (χ0v) is 20.9. The first-order chi connectivity index (χ1) is 16.5. The summed E-state index contributed by atoms with van der Waals surface area (Å²) in [7, 11) is 0. The molecule has 0 bridgehead atoms. The zero-order chi connectivity index (χ0) is 24.1. The minimum absolute atomic E-state index is 0.110. The molecule has 0 nitrogen and oxygen atoms in total. The van der Waals surface area contributed by atoms with E-state index in [9.17, 15) is 8.78 Å². The Kier molecular flexibility index (Phi) is 8.77. The number of hydrogen-bond acceptors (Lipinski definition) is 0. The Morgan fingerprint density at radius 3 is 2.44 bits per heavy atom. The maximum Gasteiger partial charge on any atom is 0.169 e. The van der Waals surface area contributed by atoms with Crippen LogP contribution in [0.1, 0.15) is 107 Å². The number of fused-ring (bicyclic) bond motifs is 2. The molecule has 4 rings (SSSR count). The highest BCUT2D eigenvalue weighted by Gasteiger charge is 2.36. The van der Waals surface area contributed by atoms with E-state index < -0.39 is 17.5 Å². The Balaban J connectivity index is 1.42. The molecule has 2 aromatic carbocycles. The number of halogens is 3. The molecule has 0 aromatic heterocycles. The van der Waals surface area contributed by atoms with Gasteiger partial charge in [-0.3, -0.25) is 0 Å². The largest absolute Gasteiger partial charge is 0.206 e. The second-order valence-electron chi connectivity index (χ2n) is 11.0. The van der Waals surface area contributed by atoms with Crippen LogP contribution in [0.5, 0.6) is 0 Å². The molecule has 2 fully saturated rings. The molecule has 34 heavy (non-hydrogen) atoms. The fourth-order valence-electron chi connectivity index (χ4n) is 6.77.